The molecule has 6 nitrogen and oxygen atoms in total. The van der Waals surface area contributed by atoms with Crippen molar-refractivity contribution < 1.29 is 15.2 Å². The van der Waals surface area contributed by atoms with Crippen molar-refractivity contribution in [3.63, 3.8) is 0 Å². The summed E-state index contributed by atoms with van der Waals surface area (Å²) in [5, 5.41) is 26.6. The van der Waals surface area contributed by atoms with Crippen LogP contribution in [0.5, 0.6) is 0 Å². The first-order valence-corrected chi connectivity index (χ1v) is 4.28. The van der Waals surface area contributed by atoms with E-state index in [4.69, 9.17) is 15.2 Å². The molecule has 1 saturated heterocycles. The van der Waals surface area contributed by atoms with Gasteiger partial charge in [-0.25, -0.2) is 9.97 Å². The molecule has 1 aliphatic rings. The highest BCUT2D eigenvalue weighted by Crippen LogP contribution is 2.13. The standard InChI is InChI=1S/C7H10BN3O3/c12-6-3-11(4-6)7-9-1-5(2-10-7)8(13)14/h1-2,6,12-14H,3-4H2. The molecule has 3 N–H and O–H groups in total. The third-order valence-corrected chi connectivity index (χ3v) is 2.10. The Labute approximate surface area is 81.0 Å². The first-order chi connectivity index (χ1) is 6.66. The van der Waals surface area contributed by atoms with Crippen molar-refractivity contribution in [1.82, 2.24) is 9.97 Å². The molecule has 0 radical (unpaired) electrons. The Balaban J connectivity index is 2.07. The van der Waals surface area contributed by atoms with Crippen molar-refractivity contribution in [3.05, 3.63) is 12.4 Å². The summed E-state index contributed by atoms with van der Waals surface area (Å²) in [6.45, 7) is 1.06. The van der Waals surface area contributed by atoms with E-state index in [9.17, 15) is 0 Å². The second kappa shape index (κ2) is 3.53. The van der Waals surface area contributed by atoms with Gasteiger partial charge < -0.3 is 20.1 Å². The molecule has 0 aromatic carbocycles. The Bertz CT molecular complexity index is 312. The maximum Gasteiger partial charge on any atom is 0.491 e. The number of nitrogens with zero attached hydrogens (tertiary/aromatic N) is 3. The number of aliphatic hydroxyl groups excluding tert-OH is 1. The largest absolute Gasteiger partial charge is 0.491 e. The van der Waals surface area contributed by atoms with Gasteiger partial charge in [-0.2, -0.15) is 0 Å². The first kappa shape index (κ1) is 9.38. The summed E-state index contributed by atoms with van der Waals surface area (Å²) in [6.07, 6.45) is 2.41. The molecule has 0 amide bonds. The molecule has 1 aromatic rings. The molecule has 74 valence electrons. The van der Waals surface area contributed by atoms with Crippen LogP contribution >= 0.6 is 0 Å². The lowest BCUT2D eigenvalue weighted by molar-refractivity contribution is 0.140. The number of aliphatic hydroxyl groups is 1. The van der Waals surface area contributed by atoms with Gasteiger partial charge in [0.15, 0.2) is 0 Å². The van der Waals surface area contributed by atoms with Crippen LogP contribution in [-0.2, 0) is 0 Å². The molecule has 7 heteroatoms. The highest BCUT2D eigenvalue weighted by Gasteiger charge is 2.26. The Hall–Kier alpha value is -1.18. The van der Waals surface area contributed by atoms with Gasteiger partial charge in [-0.3, -0.25) is 0 Å². The van der Waals surface area contributed by atoms with Crippen molar-refractivity contribution in [1.29, 1.82) is 0 Å². The maximum atomic E-state index is 9.05. The molecule has 0 spiro atoms. The summed E-state index contributed by atoms with van der Waals surface area (Å²) in [5.41, 5.74) is 0.259. The second-order valence-electron chi connectivity index (χ2n) is 3.25. The molecular weight excluding hydrogens is 185 g/mol. The summed E-state index contributed by atoms with van der Waals surface area (Å²) in [7, 11) is -1.54. The summed E-state index contributed by atoms with van der Waals surface area (Å²) in [6, 6.07) is 0. The lowest BCUT2D eigenvalue weighted by atomic mass is 9.83. The number of hydrogen-bond acceptors (Lipinski definition) is 6. The molecule has 0 bridgehead atoms. The van der Waals surface area contributed by atoms with Crippen molar-refractivity contribution >= 4 is 18.5 Å². The van der Waals surface area contributed by atoms with E-state index in [1.807, 2.05) is 0 Å². The molecule has 2 rings (SSSR count). The van der Waals surface area contributed by atoms with Crippen molar-refractivity contribution in [2.75, 3.05) is 18.0 Å². The third kappa shape index (κ3) is 1.70. The number of anilines is 1. The molecular formula is C7H10BN3O3. The summed E-state index contributed by atoms with van der Waals surface area (Å²) >= 11 is 0. The van der Waals surface area contributed by atoms with E-state index in [-0.39, 0.29) is 11.6 Å². The van der Waals surface area contributed by atoms with E-state index < -0.39 is 7.12 Å². The second-order valence-corrected chi connectivity index (χ2v) is 3.25. The maximum absolute atomic E-state index is 9.05. The quantitative estimate of drug-likeness (QED) is 0.446. The number of hydrogen-bond donors (Lipinski definition) is 3. The van der Waals surface area contributed by atoms with E-state index in [1.54, 1.807) is 4.90 Å². The van der Waals surface area contributed by atoms with E-state index >= 15 is 0 Å². The molecule has 0 unspecified atom stereocenters. The molecule has 1 aliphatic heterocycles. The van der Waals surface area contributed by atoms with Crippen LogP contribution in [0.3, 0.4) is 0 Å². The average molecular weight is 195 g/mol. The number of rotatable bonds is 2. The SMILES string of the molecule is OB(O)c1cnc(N2CC(O)C2)nc1. The molecule has 1 aromatic heterocycles. The zero-order valence-corrected chi connectivity index (χ0v) is 7.41. The van der Waals surface area contributed by atoms with Gasteiger partial charge in [0.2, 0.25) is 5.95 Å². The van der Waals surface area contributed by atoms with Gasteiger partial charge in [0.1, 0.15) is 0 Å². The Morgan fingerprint density at radius 3 is 2.29 bits per heavy atom. The number of β-amino-alcohol motifs (C(OH)–C–C–N with tert-alkyl or cyclic N) is 1. The topological polar surface area (TPSA) is 89.7 Å². The van der Waals surface area contributed by atoms with Gasteiger partial charge in [0.05, 0.1) is 6.10 Å². The lowest BCUT2D eigenvalue weighted by Gasteiger charge is -2.35. The average Bonchev–Trinajstić information content (AvgIpc) is 2.13. The van der Waals surface area contributed by atoms with Crippen LogP contribution in [0, 0.1) is 0 Å². The zero-order valence-electron chi connectivity index (χ0n) is 7.41. The van der Waals surface area contributed by atoms with E-state index in [0.29, 0.717) is 19.0 Å². The minimum atomic E-state index is -1.54. The van der Waals surface area contributed by atoms with Crippen LogP contribution in [-0.4, -0.2) is 51.4 Å². The highest BCUT2D eigenvalue weighted by molar-refractivity contribution is 6.58. The van der Waals surface area contributed by atoms with Crippen LogP contribution in [0.1, 0.15) is 0 Å². The van der Waals surface area contributed by atoms with Crippen LogP contribution < -0.4 is 10.4 Å². The minimum absolute atomic E-state index is 0.259. The zero-order chi connectivity index (χ0) is 10.1. The summed E-state index contributed by atoms with van der Waals surface area (Å²) in [4.78, 5) is 9.68. The minimum Gasteiger partial charge on any atom is -0.423 e. The van der Waals surface area contributed by atoms with Gasteiger partial charge in [-0.05, 0) is 0 Å². The fraction of sp³-hybridized carbons (Fsp3) is 0.429. The molecule has 2 heterocycles. The predicted molar refractivity (Wildman–Crippen MR) is 50.1 cm³/mol. The fourth-order valence-electron chi connectivity index (χ4n) is 1.25. The van der Waals surface area contributed by atoms with Gasteiger partial charge in [-0.15, -0.1) is 0 Å². The predicted octanol–water partition coefficient (Wildman–Crippen LogP) is -2.66. The van der Waals surface area contributed by atoms with Crippen LogP contribution in [0.25, 0.3) is 0 Å². The van der Waals surface area contributed by atoms with E-state index in [0.717, 1.165) is 0 Å². The molecule has 14 heavy (non-hydrogen) atoms. The molecule has 1 fully saturated rings. The first-order valence-electron chi connectivity index (χ1n) is 4.28. The highest BCUT2D eigenvalue weighted by atomic mass is 16.4. The Morgan fingerprint density at radius 1 is 1.29 bits per heavy atom. The molecule has 0 aliphatic carbocycles. The van der Waals surface area contributed by atoms with Gasteiger partial charge in [0, 0.05) is 30.9 Å². The van der Waals surface area contributed by atoms with Gasteiger partial charge >= 0.3 is 7.12 Å². The normalized spacial score (nSPS) is 16.6. The summed E-state index contributed by atoms with van der Waals surface area (Å²) < 4.78 is 0. The van der Waals surface area contributed by atoms with Crippen molar-refractivity contribution in [3.8, 4) is 0 Å². The van der Waals surface area contributed by atoms with Gasteiger partial charge in [-0.1, -0.05) is 0 Å². The number of aromatic nitrogens is 2. The van der Waals surface area contributed by atoms with E-state index in [2.05, 4.69) is 9.97 Å². The molecule has 0 saturated carbocycles. The van der Waals surface area contributed by atoms with Crippen molar-refractivity contribution in [2.24, 2.45) is 0 Å². The van der Waals surface area contributed by atoms with Crippen LogP contribution in [0.4, 0.5) is 5.95 Å². The smallest absolute Gasteiger partial charge is 0.423 e. The van der Waals surface area contributed by atoms with Crippen molar-refractivity contribution in [2.45, 2.75) is 6.10 Å². The summed E-state index contributed by atoms with van der Waals surface area (Å²) in [5.74, 6) is 0.500. The fourth-order valence-corrected chi connectivity index (χ4v) is 1.25. The lowest BCUT2D eigenvalue weighted by Crippen LogP contribution is -2.51. The van der Waals surface area contributed by atoms with E-state index in [1.165, 1.54) is 12.4 Å². The van der Waals surface area contributed by atoms with Crippen LogP contribution in [0.15, 0.2) is 12.4 Å². The van der Waals surface area contributed by atoms with Gasteiger partial charge in [0.25, 0.3) is 0 Å². The monoisotopic (exact) mass is 195 g/mol. The third-order valence-electron chi connectivity index (χ3n) is 2.10. The Morgan fingerprint density at radius 2 is 1.86 bits per heavy atom. The Kier molecular flexibility index (Phi) is 2.36. The molecule has 0 atom stereocenters. The van der Waals surface area contributed by atoms with Crippen LogP contribution in [0.2, 0.25) is 0 Å².